The van der Waals surface area contributed by atoms with Crippen molar-refractivity contribution in [1.29, 1.82) is 0 Å². The fourth-order valence-corrected chi connectivity index (χ4v) is 8.84. The van der Waals surface area contributed by atoms with E-state index in [1.807, 2.05) is 0 Å². The van der Waals surface area contributed by atoms with E-state index in [9.17, 15) is 0 Å². The smallest absolute Gasteiger partial charge is 0.159 e. The number of hydrogen-bond acceptors (Lipinski definition) is 1. The molecule has 3 nitrogen and oxygen atoms in total. The predicted octanol–water partition coefficient (Wildman–Crippen LogP) is 14.5. The van der Waals surface area contributed by atoms with Crippen LogP contribution in [0, 0.1) is 0 Å². The lowest BCUT2D eigenvalue weighted by atomic mass is 10.0. The maximum Gasteiger partial charge on any atom is 0.159 e. The van der Waals surface area contributed by atoms with Crippen LogP contribution < -0.4 is 0 Å². The summed E-state index contributed by atoms with van der Waals surface area (Å²) in [7, 11) is 0. The van der Waals surface area contributed by atoms with Gasteiger partial charge >= 0.3 is 0 Å². The summed E-state index contributed by atoms with van der Waals surface area (Å²) >= 11 is 0. The van der Waals surface area contributed by atoms with Gasteiger partial charge in [-0.3, -0.25) is 0 Å². The van der Waals surface area contributed by atoms with Crippen molar-refractivity contribution < 1.29 is 4.42 Å². The van der Waals surface area contributed by atoms with Crippen LogP contribution in [0.25, 0.3) is 99.2 Å². The quantitative estimate of drug-likeness (QED) is 0.162. The number of hydrogen-bond donors (Lipinski definition) is 0. The second-order valence-electron chi connectivity index (χ2n) is 14.8. The zero-order valence-electron chi connectivity index (χ0n) is 30.7. The number of aromatic nitrogens is 2. The van der Waals surface area contributed by atoms with Crippen LogP contribution in [0.2, 0.25) is 0 Å². The first-order chi connectivity index (χ1) is 27.2. The normalized spacial score (nSPS) is 11.9. The van der Waals surface area contributed by atoms with Gasteiger partial charge in [0, 0.05) is 38.0 Å². The highest BCUT2D eigenvalue weighted by Crippen LogP contribution is 2.41. The fourth-order valence-electron chi connectivity index (χ4n) is 8.84. The van der Waals surface area contributed by atoms with Gasteiger partial charge in [-0.15, -0.1) is 0 Å². The van der Waals surface area contributed by atoms with Gasteiger partial charge in [-0.05, 0) is 107 Å². The van der Waals surface area contributed by atoms with Gasteiger partial charge in [0.2, 0.25) is 0 Å². The highest BCUT2D eigenvalue weighted by atomic mass is 16.3. The molecule has 0 atom stereocenters. The maximum absolute atomic E-state index is 6.67. The van der Waals surface area contributed by atoms with Gasteiger partial charge in [0.25, 0.3) is 0 Å². The van der Waals surface area contributed by atoms with Crippen molar-refractivity contribution in [2.75, 3.05) is 0 Å². The first-order valence-corrected chi connectivity index (χ1v) is 19.4. The topological polar surface area (TPSA) is 23.0 Å². The lowest BCUT2D eigenvalue weighted by molar-refractivity contribution is 0.666. The van der Waals surface area contributed by atoms with E-state index in [1.165, 1.54) is 84.1 Å². The summed E-state index contributed by atoms with van der Waals surface area (Å²) in [6.07, 6.45) is 3.47. The van der Waals surface area contributed by atoms with Crippen molar-refractivity contribution in [3.8, 4) is 33.6 Å². The number of para-hydroxylation sites is 3. The van der Waals surface area contributed by atoms with Gasteiger partial charge in [0.15, 0.2) is 5.58 Å². The van der Waals surface area contributed by atoms with Crippen molar-refractivity contribution in [3.63, 3.8) is 0 Å². The van der Waals surface area contributed by atoms with E-state index in [1.54, 1.807) is 0 Å². The largest absolute Gasteiger partial charge is 0.454 e. The number of fused-ring (bicyclic) bond motifs is 9. The van der Waals surface area contributed by atoms with Crippen LogP contribution in [0.4, 0.5) is 0 Å². The molecule has 0 unspecified atom stereocenters. The Morgan fingerprint density at radius 3 is 1.76 bits per heavy atom. The average Bonchev–Trinajstić information content (AvgIpc) is 3.90. The Hall–Kier alpha value is -6.84. The van der Waals surface area contributed by atoms with E-state index >= 15 is 0 Å². The Bertz CT molecular complexity index is 3250. The third kappa shape index (κ3) is 5.04. The minimum atomic E-state index is 0.924. The van der Waals surface area contributed by atoms with Crippen molar-refractivity contribution in [3.05, 3.63) is 181 Å². The molecule has 0 fully saturated rings. The Labute approximate surface area is 319 Å². The van der Waals surface area contributed by atoms with Crippen molar-refractivity contribution in [1.82, 2.24) is 9.13 Å². The van der Waals surface area contributed by atoms with Crippen LogP contribution >= 0.6 is 0 Å². The molecule has 11 rings (SSSR count). The predicted molar refractivity (Wildman–Crippen MR) is 232 cm³/mol. The van der Waals surface area contributed by atoms with Crippen LogP contribution in [0.3, 0.4) is 0 Å². The first kappa shape index (κ1) is 31.7. The summed E-state index contributed by atoms with van der Waals surface area (Å²) in [5, 5.41) is 7.30. The number of benzene rings is 8. The van der Waals surface area contributed by atoms with Crippen molar-refractivity contribution in [2.24, 2.45) is 0 Å². The van der Waals surface area contributed by atoms with Crippen LogP contribution in [0.5, 0.6) is 0 Å². The highest BCUT2D eigenvalue weighted by molar-refractivity contribution is 6.14. The van der Waals surface area contributed by atoms with Gasteiger partial charge in [0.1, 0.15) is 5.58 Å². The molecule has 3 heteroatoms. The van der Waals surface area contributed by atoms with Gasteiger partial charge in [0.05, 0.1) is 27.8 Å². The van der Waals surface area contributed by atoms with Crippen LogP contribution in [-0.4, -0.2) is 9.13 Å². The molecule has 0 aliphatic rings. The summed E-state index contributed by atoms with van der Waals surface area (Å²) in [5.41, 5.74) is 15.0. The van der Waals surface area contributed by atoms with Crippen LogP contribution in [0.15, 0.2) is 180 Å². The van der Waals surface area contributed by atoms with Crippen LogP contribution in [0.1, 0.15) is 25.3 Å². The third-order valence-electron chi connectivity index (χ3n) is 11.5. The molecule has 262 valence electrons. The molecule has 11 aromatic rings. The SMILES string of the molecule is CCCCc1ccc2oc3c(-n4c5ccccc5c5cc(-c6ccc7c(c6)c6ccccc6n7-c6cccc(-c7ccccc7)c6)ccc54)cccc3c2c1. The summed E-state index contributed by atoms with van der Waals surface area (Å²) in [5.74, 6) is 0. The Morgan fingerprint density at radius 2 is 1.02 bits per heavy atom. The monoisotopic (exact) mass is 706 g/mol. The molecule has 0 saturated carbocycles. The fraction of sp³-hybridized carbons (Fsp3) is 0.0769. The lowest BCUT2D eigenvalue weighted by Crippen LogP contribution is -1.94. The molecule has 0 spiro atoms. The average molecular weight is 707 g/mol. The maximum atomic E-state index is 6.67. The van der Waals surface area contributed by atoms with Gasteiger partial charge in [-0.1, -0.05) is 123 Å². The van der Waals surface area contributed by atoms with Crippen molar-refractivity contribution in [2.45, 2.75) is 26.2 Å². The molecule has 0 N–H and O–H groups in total. The summed E-state index contributed by atoms with van der Waals surface area (Å²) < 4.78 is 11.5. The second kappa shape index (κ2) is 12.6. The van der Waals surface area contributed by atoms with E-state index in [0.717, 1.165) is 39.9 Å². The van der Waals surface area contributed by atoms with Gasteiger partial charge < -0.3 is 13.6 Å². The lowest BCUT2D eigenvalue weighted by Gasteiger charge is -2.11. The molecule has 0 amide bonds. The van der Waals surface area contributed by atoms with Crippen LogP contribution in [-0.2, 0) is 6.42 Å². The van der Waals surface area contributed by atoms with E-state index in [2.05, 4.69) is 192 Å². The Balaban J connectivity index is 1.06. The van der Waals surface area contributed by atoms with Crippen molar-refractivity contribution >= 4 is 65.6 Å². The standard InChI is InChI=1S/C52H38N2O/c1-2-3-13-34-24-29-51-45(30-34)42-20-12-23-50(52(42)55-51)54-47-22-10-8-19-41(47)44-33-38(26-28-49(44)54)37-25-27-48-43(32-37)40-18-7-9-21-46(40)53(48)39-17-11-16-36(31-39)35-14-5-4-6-15-35/h4-12,14-33H,2-3,13H2,1H3. The molecule has 0 radical (unpaired) electrons. The Morgan fingerprint density at radius 1 is 0.418 bits per heavy atom. The summed E-state index contributed by atoms with van der Waals surface area (Å²) in [6, 6.07) is 64.2. The highest BCUT2D eigenvalue weighted by Gasteiger charge is 2.19. The molecule has 55 heavy (non-hydrogen) atoms. The molecule has 3 aromatic heterocycles. The summed E-state index contributed by atoms with van der Waals surface area (Å²) in [6.45, 7) is 2.25. The molecule has 0 bridgehead atoms. The zero-order chi connectivity index (χ0) is 36.5. The van der Waals surface area contributed by atoms with E-state index in [-0.39, 0.29) is 0 Å². The third-order valence-corrected chi connectivity index (χ3v) is 11.5. The Kier molecular flexibility index (Phi) is 7.28. The molecule has 0 aliphatic heterocycles. The number of nitrogens with zero attached hydrogens (tertiary/aromatic N) is 2. The summed E-state index contributed by atoms with van der Waals surface area (Å²) in [4.78, 5) is 0. The molecule has 0 saturated heterocycles. The molecule has 0 aliphatic carbocycles. The van der Waals surface area contributed by atoms with Gasteiger partial charge in [-0.25, -0.2) is 0 Å². The first-order valence-electron chi connectivity index (χ1n) is 19.4. The number of aryl methyl sites for hydroxylation is 1. The minimum Gasteiger partial charge on any atom is -0.454 e. The molecular weight excluding hydrogens is 669 g/mol. The number of furan rings is 1. The zero-order valence-corrected chi connectivity index (χ0v) is 30.7. The number of rotatable bonds is 7. The van der Waals surface area contributed by atoms with E-state index in [4.69, 9.17) is 4.42 Å². The second-order valence-corrected chi connectivity index (χ2v) is 14.8. The van der Waals surface area contributed by atoms with E-state index < -0.39 is 0 Å². The molecule has 8 aromatic carbocycles. The molecule has 3 heterocycles. The van der Waals surface area contributed by atoms with Gasteiger partial charge in [-0.2, -0.15) is 0 Å². The minimum absolute atomic E-state index is 0.924. The molecular formula is C52H38N2O. The number of unbranched alkanes of at least 4 members (excludes halogenated alkanes) is 1. The van der Waals surface area contributed by atoms with E-state index in [0.29, 0.717) is 0 Å².